The molecule has 4 N–H and O–H groups in total. The third kappa shape index (κ3) is 10.9. The van der Waals surface area contributed by atoms with Crippen molar-refractivity contribution in [3.05, 3.63) is 65.0 Å². The van der Waals surface area contributed by atoms with Gasteiger partial charge >= 0.3 is 6.09 Å². The van der Waals surface area contributed by atoms with Crippen LogP contribution in [0.3, 0.4) is 0 Å². The highest BCUT2D eigenvalue weighted by Crippen LogP contribution is 2.29. The monoisotopic (exact) mass is 713 g/mol. The lowest BCUT2D eigenvalue weighted by Crippen LogP contribution is -2.51. The number of aryl methyl sites for hydroxylation is 1. The molecule has 0 saturated carbocycles. The van der Waals surface area contributed by atoms with E-state index in [4.69, 9.17) is 21.2 Å². The third-order valence-corrected chi connectivity index (χ3v) is 9.83. The maximum absolute atomic E-state index is 13.1. The smallest absolute Gasteiger partial charge is 0.410 e. The van der Waals surface area contributed by atoms with E-state index in [2.05, 4.69) is 20.9 Å². The molecule has 2 aliphatic heterocycles. The van der Waals surface area contributed by atoms with Crippen LogP contribution in [0.2, 0.25) is 0 Å². The number of aromatic nitrogens is 3. The van der Waals surface area contributed by atoms with E-state index < -0.39 is 11.5 Å². The molecule has 13 nitrogen and oxygen atoms in total. The first-order valence-corrected chi connectivity index (χ1v) is 18.4. The average molecular weight is 714 g/mol. The summed E-state index contributed by atoms with van der Waals surface area (Å²) >= 11 is 1.36. The summed E-state index contributed by atoms with van der Waals surface area (Å²) in [7, 11) is 0. The fraction of sp³-hybridized carbons (Fsp3) is 0.486. The number of thioether (sulfide) groups is 1. The van der Waals surface area contributed by atoms with E-state index in [1.807, 2.05) is 48.8 Å². The van der Waals surface area contributed by atoms with Gasteiger partial charge in [-0.05, 0) is 63.6 Å². The normalized spacial score (nSPS) is 15.7. The number of piperidine rings is 1. The maximum atomic E-state index is 13.1. The predicted molar refractivity (Wildman–Crippen MR) is 195 cm³/mol. The van der Waals surface area contributed by atoms with Crippen LogP contribution in [0.4, 0.5) is 10.6 Å². The Bertz CT molecular complexity index is 1740. The number of likely N-dealkylation sites (tertiary alicyclic amines) is 1. The number of hydrogen-bond donors (Lipinski definition) is 2. The van der Waals surface area contributed by atoms with Crippen molar-refractivity contribution in [2.45, 2.75) is 69.4 Å². The van der Waals surface area contributed by atoms with Gasteiger partial charge in [-0.25, -0.2) is 14.8 Å². The number of anilines is 1. The fourth-order valence-corrected chi connectivity index (χ4v) is 7.03. The number of carbonyl (C=O) groups is 3. The number of carbonyl (C=O) groups excluding carboxylic acids is 3. The minimum atomic E-state index is -0.483. The molecule has 0 bridgehead atoms. The molecule has 1 aromatic carbocycles. The highest BCUT2D eigenvalue weighted by atomic mass is 32.2. The molecule has 4 heterocycles. The highest BCUT2D eigenvalue weighted by Gasteiger charge is 2.29. The molecule has 3 aromatic rings. The molecular weight excluding hydrogens is 667 g/mol. The van der Waals surface area contributed by atoms with Crippen LogP contribution in [0.1, 0.15) is 62.5 Å². The first-order valence-electron chi connectivity index (χ1n) is 17.4. The van der Waals surface area contributed by atoms with E-state index in [9.17, 15) is 19.6 Å². The van der Waals surface area contributed by atoms with Crippen molar-refractivity contribution in [1.29, 1.82) is 5.26 Å². The van der Waals surface area contributed by atoms with E-state index in [0.29, 0.717) is 54.0 Å². The largest absolute Gasteiger partial charge is 0.444 e. The van der Waals surface area contributed by atoms with Crippen molar-refractivity contribution in [3.63, 3.8) is 0 Å². The van der Waals surface area contributed by atoms with Crippen LogP contribution in [-0.4, -0.2) is 99.0 Å². The van der Waals surface area contributed by atoms with Gasteiger partial charge in [0.05, 0.1) is 17.8 Å². The second kappa shape index (κ2) is 17.0. The Hall–Kier alpha value is -4.74. The lowest BCUT2D eigenvalue weighted by atomic mass is 9.96. The maximum Gasteiger partial charge on any atom is 0.410 e. The zero-order valence-corrected chi connectivity index (χ0v) is 30.5. The average Bonchev–Trinajstić information content (AvgIpc) is 3.09. The van der Waals surface area contributed by atoms with Crippen LogP contribution in [0, 0.1) is 17.2 Å². The van der Waals surface area contributed by atoms with Crippen molar-refractivity contribution in [1.82, 2.24) is 29.7 Å². The van der Waals surface area contributed by atoms with Gasteiger partial charge in [0.25, 0.3) is 0 Å². The molecule has 2 aliphatic rings. The molecule has 0 radical (unpaired) electrons. The molecule has 5 rings (SSSR count). The van der Waals surface area contributed by atoms with Crippen LogP contribution in [-0.2, 0) is 32.9 Å². The van der Waals surface area contributed by atoms with E-state index >= 15 is 0 Å². The van der Waals surface area contributed by atoms with Crippen molar-refractivity contribution in [3.8, 4) is 17.3 Å². The minimum absolute atomic E-state index is 0.0906. The molecule has 14 heteroatoms. The van der Waals surface area contributed by atoms with Crippen molar-refractivity contribution in [2.75, 3.05) is 51.5 Å². The van der Waals surface area contributed by atoms with Crippen molar-refractivity contribution >= 4 is 35.5 Å². The Labute approximate surface area is 303 Å². The molecule has 2 aromatic heterocycles. The number of piperazine rings is 1. The van der Waals surface area contributed by atoms with E-state index in [0.717, 1.165) is 62.5 Å². The molecular formula is C37H47N9O4S. The van der Waals surface area contributed by atoms with Gasteiger partial charge in [0.2, 0.25) is 11.8 Å². The molecule has 2 fully saturated rings. The van der Waals surface area contributed by atoms with E-state index in [-0.39, 0.29) is 29.8 Å². The van der Waals surface area contributed by atoms with Crippen LogP contribution in [0.5, 0.6) is 0 Å². The van der Waals surface area contributed by atoms with Gasteiger partial charge in [-0.3, -0.25) is 19.5 Å². The van der Waals surface area contributed by atoms with Crippen LogP contribution < -0.4 is 11.5 Å². The van der Waals surface area contributed by atoms with Crippen molar-refractivity contribution < 1.29 is 19.1 Å². The van der Waals surface area contributed by atoms with Gasteiger partial charge in [-0.15, -0.1) is 0 Å². The lowest BCUT2D eigenvalue weighted by Gasteiger charge is -2.39. The zero-order chi connectivity index (χ0) is 36.5. The summed E-state index contributed by atoms with van der Waals surface area (Å²) in [5.74, 6) is 0.822. The molecule has 0 aliphatic carbocycles. The quantitative estimate of drug-likeness (QED) is 0.216. The second-order valence-electron chi connectivity index (χ2n) is 14.1. The third-order valence-electron chi connectivity index (χ3n) is 8.95. The van der Waals surface area contributed by atoms with Gasteiger partial charge in [0.15, 0.2) is 5.16 Å². The molecule has 3 amide bonds. The summed E-state index contributed by atoms with van der Waals surface area (Å²) in [6.07, 6.45) is 2.77. The van der Waals surface area contributed by atoms with Crippen LogP contribution >= 0.6 is 11.8 Å². The summed E-state index contributed by atoms with van der Waals surface area (Å²) in [5.41, 5.74) is 14.7. The topological polar surface area (TPSA) is 185 Å². The van der Waals surface area contributed by atoms with E-state index in [1.165, 1.54) is 11.8 Å². The number of ether oxygens (including phenoxy) is 1. The number of nitrogens with zero attached hydrogens (tertiary/aromatic N) is 7. The number of nitriles is 1. The van der Waals surface area contributed by atoms with E-state index in [1.54, 1.807) is 24.3 Å². The number of nitrogen functional groups attached to an aromatic ring is 1. The van der Waals surface area contributed by atoms with Gasteiger partial charge in [0.1, 0.15) is 23.1 Å². The standard InChI is InChI=1S/C37H47N9O4S/c1-37(2,3)50-36(49)46-15-13-26(14-16-46)23-44-17-19-45(20-18-44)32(48)12-11-28-5-4-6-29(41-28)24-51-35-42-33(30(22-38)34(40)43-35)27-9-7-25(8-10-27)21-31(39)47/h4-10,26H,11-21,23-24H2,1-3H3,(H2,39,47)(H2,40,42,43). The van der Waals surface area contributed by atoms with Crippen LogP contribution in [0.15, 0.2) is 47.6 Å². The lowest BCUT2D eigenvalue weighted by molar-refractivity contribution is -0.133. The number of hydrogen-bond acceptors (Lipinski definition) is 11. The fourth-order valence-electron chi connectivity index (χ4n) is 6.27. The summed E-state index contributed by atoms with van der Waals surface area (Å²) in [4.78, 5) is 56.7. The summed E-state index contributed by atoms with van der Waals surface area (Å²) in [6, 6.07) is 15.0. The summed E-state index contributed by atoms with van der Waals surface area (Å²) in [5, 5.41) is 10.1. The molecule has 0 unspecified atom stereocenters. The van der Waals surface area contributed by atoms with Gasteiger partial charge in [-0.1, -0.05) is 42.1 Å². The number of amides is 3. The Morgan fingerprint density at radius 2 is 1.63 bits per heavy atom. The minimum Gasteiger partial charge on any atom is -0.444 e. The molecule has 51 heavy (non-hydrogen) atoms. The first-order chi connectivity index (χ1) is 24.4. The number of rotatable bonds is 11. The Balaban J connectivity index is 1.07. The SMILES string of the molecule is CC(C)(C)OC(=O)N1CCC(CN2CCN(C(=O)CCc3cccc(CSc4nc(N)c(C#N)c(-c5ccc(CC(N)=O)cc5)n4)n3)CC2)CC1. The molecule has 0 spiro atoms. The summed E-state index contributed by atoms with van der Waals surface area (Å²) < 4.78 is 5.52. The number of nitrogens with two attached hydrogens (primary N) is 2. The Kier molecular flexibility index (Phi) is 12.5. The second-order valence-corrected chi connectivity index (χ2v) is 15.0. The highest BCUT2D eigenvalue weighted by molar-refractivity contribution is 7.98. The van der Waals surface area contributed by atoms with Gasteiger partial charge in [0, 0.05) is 69.2 Å². The van der Waals surface area contributed by atoms with Gasteiger partial charge < -0.3 is 26.0 Å². The number of primary amides is 1. The van der Waals surface area contributed by atoms with Gasteiger partial charge in [-0.2, -0.15) is 5.26 Å². The van der Waals surface area contributed by atoms with Crippen LogP contribution in [0.25, 0.3) is 11.3 Å². The number of benzene rings is 1. The molecule has 2 saturated heterocycles. The molecule has 270 valence electrons. The predicted octanol–water partition coefficient (Wildman–Crippen LogP) is 4.04. The summed E-state index contributed by atoms with van der Waals surface area (Å²) in [6.45, 7) is 11.2. The Morgan fingerprint density at radius 3 is 2.27 bits per heavy atom. The zero-order valence-electron chi connectivity index (χ0n) is 29.6. The Morgan fingerprint density at radius 1 is 0.941 bits per heavy atom. The first kappa shape index (κ1) is 37.5. The molecule has 0 atom stereocenters. The number of pyridine rings is 1. The van der Waals surface area contributed by atoms with Crippen molar-refractivity contribution in [2.24, 2.45) is 11.7 Å².